The molecule has 2 nitrogen and oxygen atoms in total. The number of rotatable bonds is 2. The third-order valence-corrected chi connectivity index (χ3v) is 3.77. The zero-order valence-electron chi connectivity index (χ0n) is 11.9. The third-order valence-electron chi connectivity index (χ3n) is 3.77. The van der Waals surface area contributed by atoms with Crippen molar-refractivity contribution in [2.45, 2.75) is 12.5 Å². The minimum absolute atomic E-state index is 0.399. The van der Waals surface area contributed by atoms with Crippen molar-refractivity contribution in [2.24, 2.45) is 0 Å². The number of aliphatic hydroxyl groups is 1. The van der Waals surface area contributed by atoms with Gasteiger partial charge >= 0.3 is 0 Å². The third kappa shape index (κ3) is 2.71. The first-order chi connectivity index (χ1) is 10.1. The fourth-order valence-corrected chi connectivity index (χ4v) is 2.41. The molecule has 2 N–H and O–H groups in total. The van der Waals surface area contributed by atoms with E-state index in [2.05, 4.69) is 31.2 Å². The number of allylic oxidation sites excluding steroid dienone is 2. The van der Waals surface area contributed by atoms with Gasteiger partial charge in [-0.05, 0) is 47.9 Å². The van der Waals surface area contributed by atoms with E-state index in [0.29, 0.717) is 5.71 Å². The maximum absolute atomic E-state index is 10.6. The summed E-state index contributed by atoms with van der Waals surface area (Å²) in [6, 6.07) is 16.3. The summed E-state index contributed by atoms with van der Waals surface area (Å²) in [5.41, 5.74) is 3.62. The van der Waals surface area contributed by atoms with Crippen molar-refractivity contribution in [3.63, 3.8) is 0 Å². The van der Waals surface area contributed by atoms with Gasteiger partial charge in [0, 0.05) is 0 Å². The summed E-state index contributed by atoms with van der Waals surface area (Å²) in [5, 5.41) is 18.1. The van der Waals surface area contributed by atoms with Crippen molar-refractivity contribution in [3.05, 3.63) is 84.0 Å². The molecule has 21 heavy (non-hydrogen) atoms. The average Bonchev–Trinajstić information content (AvgIpc) is 2.51. The highest BCUT2D eigenvalue weighted by Crippen LogP contribution is 2.29. The molecule has 2 aromatic rings. The smallest absolute Gasteiger partial charge is 0.127 e. The van der Waals surface area contributed by atoms with Crippen LogP contribution >= 0.6 is 0 Å². The first-order valence-corrected chi connectivity index (χ1v) is 6.94. The number of hydrogen-bond donors (Lipinski definition) is 2. The van der Waals surface area contributed by atoms with Crippen LogP contribution in [0, 0.1) is 12.3 Å². The van der Waals surface area contributed by atoms with Crippen molar-refractivity contribution in [1.82, 2.24) is 0 Å². The molecule has 1 aliphatic rings. The van der Waals surface area contributed by atoms with Crippen molar-refractivity contribution in [2.75, 3.05) is 0 Å². The summed E-state index contributed by atoms with van der Waals surface area (Å²) in [5.74, 6) is 0. The highest BCUT2D eigenvalue weighted by molar-refractivity contribution is 6.02. The van der Waals surface area contributed by atoms with E-state index in [1.165, 1.54) is 5.56 Å². The van der Waals surface area contributed by atoms with Crippen LogP contribution in [0.5, 0.6) is 0 Å². The molecule has 0 bridgehead atoms. The van der Waals surface area contributed by atoms with E-state index in [9.17, 15) is 5.11 Å². The summed E-state index contributed by atoms with van der Waals surface area (Å²) in [6.07, 6.45) is 6.54. The van der Waals surface area contributed by atoms with E-state index >= 15 is 0 Å². The Morgan fingerprint density at radius 2 is 1.29 bits per heavy atom. The molecule has 0 saturated heterocycles. The van der Waals surface area contributed by atoms with Crippen LogP contribution in [0.1, 0.15) is 11.1 Å². The van der Waals surface area contributed by atoms with Crippen LogP contribution in [0.2, 0.25) is 0 Å². The molecular formula is C19H17NO. The lowest BCUT2D eigenvalue weighted by molar-refractivity contribution is 0.143. The molecule has 0 unspecified atom stereocenters. The topological polar surface area (TPSA) is 44.1 Å². The van der Waals surface area contributed by atoms with E-state index in [-0.39, 0.29) is 0 Å². The van der Waals surface area contributed by atoms with Crippen LogP contribution in [-0.4, -0.2) is 10.8 Å². The highest BCUT2D eigenvalue weighted by Gasteiger charge is 2.24. The van der Waals surface area contributed by atoms with Gasteiger partial charge in [0.2, 0.25) is 0 Å². The molecule has 0 amide bonds. The van der Waals surface area contributed by atoms with Gasteiger partial charge in [-0.25, -0.2) is 0 Å². The van der Waals surface area contributed by atoms with E-state index in [1.54, 1.807) is 24.3 Å². The normalized spacial score (nSPS) is 20.8. The second kappa shape index (κ2) is 5.15. The fourth-order valence-electron chi connectivity index (χ4n) is 2.41. The lowest BCUT2D eigenvalue weighted by Crippen LogP contribution is -2.22. The summed E-state index contributed by atoms with van der Waals surface area (Å²) in [4.78, 5) is 0. The summed E-state index contributed by atoms with van der Waals surface area (Å²) >= 11 is 0. The van der Waals surface area contributed by atoms with Crippen LogP contribution in [0.25, 0.3) is 11.1 Å². The standard InChI is InChI=1S/C19H17NO/c1-14-2-4-15(5-3-14)16-6-8-17(9-7-16)19(21)12-10-18(20)11-13-19/h2-13,20-21H,1H3. The number of hydrogen-bond acceptors (Lipinski definition) is 2. The average molecular weight is 275 g/mol. The number of benzene rings is 2. The van der Waals surface area contributed by atoms with Gasteiger partial charge in [0.15, 0.2) is 0 Å². The molecule has 0 radical (unpaired) electrons. The molecule has 0 aliphatic heterocycles. The Morgan fingerprint density at radius 1 is 0.810 bits per heavy atom. The molecule has 0 spiro atoms. The Balaban J connectivity index is 1.91. The first kappa shape index (κ1) is 13.5. The molecule has 2 heteroatoms. The molecule has 2 aromatic carbocycles. The van der Waals surface area contributed by atoms with Gasteiger partial charge in [-0.15, -0.1) is 0 Å². The lowest BCUT2D eigenvalue weighted by atomic mass is 9.88. The summed E-state index contributed by atoms with van der Waals surface area (Å²) < 4.78 is 0. The Bertz CT molecular complexity index is 705. The van der Waals surface area contributed by atoms with E-state index in [0.717, 1.165) is 16.7 Å². The predicted octanol–water partition coefficient (Wildman–Crippen LogP) is 4.00. The quantitative estimate of drug-likeness (QED) is 0.855. The number of aryl methyl sites for hydroxylation is 1. The zero-order valence-corrected chi connectivity index (χ0v) is 11.9. The Labute approximate surface area is 124 Å². The maximum Gasteiger partial charge on any atom is 0.127 e. The molecule has 0 heterocycles. The van der Waals surface area contributed by atoms with Gasteiger partial charge < -0.3 is 10.5 Å². The van der Waals surface area contributed by atoms with Crippen LogP contribution in [-0.2, 0) is 5.60 Å². The minimum Gasteiger partial charge on any atom is -0.377 e. The number of nitrogens with one attached hydrogen (secondary N) is 1. The van der Waals surface area contributed by atoms with Gasteiger partial charge in [0.25, 0.3) is 0 Å². The largest absolute Gasteiger partial charge is 0.377 e. The van der Waals surface area contributed by atoms with Crippen LogP contribution < -0.4 is 0 Å². The van der Waals surface area contributed by atoms with E-state index in [4.69, 9.17) is 5.41 Å². The van der Waals surface area contributed by atoms with Crippen LogP contribution in [0.4, 0.5) is 0 Å². The van der Waals surface area contributed by atoms with Gasteiger partial charge in [0.1, 0.15) is 5.60 Å². The monoisotopic (exact) mass is 275 g/mol. The van der Waals surface area contributed by atoms with Crippen molar-refractivity contribution < 1.29 is 5.11 Å². The van der Waals surface area contributed by atoms with E-state index < -0.39 is 5.60 Å². The maximum atomic E-state index is 10.6. The molecule has 1 aliphatic carbocycles. The molecular weight excluding hydrogens is 258 g/mol. The predicted molar refractivity (Wildman–Crippen MR) is 86.5 cm³/mol. The highest BCUT2D eigenvalue weighted by atomic mass is 16.3. The summed E-state index contributed by atoms with van der Waals surface area (Å²) in [7, 11) is 0. The Hall–Kier alpha value is -2.45. The van der Waals surface area contributed by atoms with Gasteiger partial charge in [0.05, 0.1) is 5.71 Å². The lowest BCUT2D eigenvalue weighted by Gasteiger charge is -2.23. The van der Waals surface area contributed by atoms with Crippen LogP contribution in [0.15, 0.2) is 72.8 Å². The molecule has 0 fully saturated rings. The fraction of sp³-hybridized carbons (Fsp3) is 0.105. The molecule has 0 atom stereocenters. The van der Waals surface area contributed by atoms with Gasteiger partial charge in [-0.1, -0.05) is 54.1 Å². The van der Waals surface area contributed by atoms with Gasteiger partial charge in [-0.2, -0.15) is 0 Å². The van der Waals surface area contributed by atoms with Gasteiger partial charge in [-0.3, -0.25) is 0 Å². The van der Waals surface area contributed by atoms with E-state index in [1.807, 2.05) is 24.3 Å². The van der Waals surface area contributed by atoms with Crippen LogP contribution in [0.3, 0.4) is 0 Å². The van der Waals surface area contributed by atoms with Crippen molar-refractivity contribution >= 4 is 5.71 Å². The first-order valence-electron chi connectivity index (χ1n) is 6.94. The Kier molecular flexibility index (Phi) is 3.32. The van der Waals surface area contributed by atoms with Crippen molar-refractivity contribution in [3.8, 4) is 11.1 Å². The summed E-state index contributed by atoms with van der Waals surface area (Å²) in [6.45, 7) is 2.07. The molecule has 0 aromatic heterocycles. The van der Waals surface area contributed by atoms with Crippen molar-refractivity contribution in [1.29, 1.82) is 5.41 Å². The second-order valence-corrected chi connectivity index (χ2v) is 5.39. The molecule has 104 valence electrons. The minimum atomic E-state index is -1.11. The second-order valence-electron chi connectivity index (χ2n) is 5.39. The molecule has 3 rings (SSSR count). The Morgan fingerprint density at radius 3 is 1.81 bits per heavy atom. The zero-order chi connectivity index (χ0) is 14.9. The molecule has 0 saturated carbocycles. The SMILES string of the molecule is Cc1ccc(-c2ccc(C3(O)C=CC(=N)C=C3)cc2)cc1.